The number of alkyl halides is 1. The molecule has 0 N–H and O–H groups in total. The predicted molar refractivity (Wildman–Crippen MR) is 55.0 cm³/mol. The summed E-state index contributed by atoms with van der Waals surface area (Å²) in [4.78, 5) is 0. The van der Waals surface area contributed by atoms with Crippen LogP contribution in [0.25, 0.3) is 0 Å². The van der Waals surface area contributed by atoms with E-state index in [9.17, 15) is 4.39 Å². The van der Waals surface area contributed by atoms with Crippen molar-refractivity contribution in [3.05, 3.63) is 34.6 Å². The van der Waals surface area contributed by atoms with Crippen LogP contribution in [0.2, 0.25) is 5.02 Å². The molecule has 0 bridgehead atoms. The SMILES string of the molecule is CC(Cl)CCc1ccc(F)cc1Cl. The molecule has 0 spiro atoms. The summed E-state index contributed by atoms with van der Waals surface area (Å²) in [7, 11) is 0. The van der Waals surface area contributed by atoms with Crippen LogP contribution in [0.4, 0.5) is 4.39 Å². The van der Waals surface area contributed by atoms with Crippen molar-refractivity contribution in [2.75, 3.05) is 0 Å². The Morgan fingerprint density at radius 3 is 2.69 bits per heavy atom. The Morgan fingerprint density at radius 1 is 1.46 bits per heavy atom. The van der Waals surface area contributed by atoms with Crippen LogP contribution < -0.4 is 0 Å². The quantitative estimate of drug-likeness (QED) is 0.675. The molecule has 1 aromatic carbocycles. The standard InChI is InChI=1S/C10H11Cl2F/c1-7(11)2-3-8-4-5-9(13)6-10(8)12/h4-7H,2-3H2,1H3. The van der Waals surface area contributed by atoms with E-state index in [1.54, 1.807) is 6.07 Å². The average Bonchev–Trinajstić information content (AvgIpc) is 2.02. The molecule has 0 saturated heterocycles. The number of hydrogen-bond donors (Lipinski definition) is 0. The van der Waals surface area contributed by atoms with Crippen LogP contribution >= 0.6 is 23.2 Å². The van der Waals surface area contributed by atoms with Crippen LogP contribution in [-0.2, 0) is 6.42 Å². The summed E-state index contributed by atoms with van der Waals surface area (Å²) < 4.78 is 12.6. The van der Waals surface area contributed by atoms with Gasteiger partial charge < -0.3 is 0 Å². The molecular formula is C10H11Cl2F. The zero-order valence-electron chi connectivity index (χ0n) is 7.36. The normalized spacial score (nSPS) is 12.9. The Bertz CT molecular complexity index is 284. The lowest BCUT2D eigenvalue weighted by Crippen LogP contribution is -1.95. The number of rotatable bonds is 3. The summed E-state index contributed by atoms with van der Waals surface area (Å²) in [5.41, 5.74) is 0.954. The molecule has 1 aromatic rings. The Labute approximate surface area is 87.7 Å². The monoisotopic (exact) mass is 220 g/mol. The highest BCUT2D eigenvalue weighted by molar-refractivity contribution is 6.31. The third-order valence-corrected chi connectivity index (χ3v) is 2.40. The van der Waals surface area contributed by atoms with Crippen LogP contribution in [0.3, 0.4) is 0 Å². The predicted octanol–water partition coefficient (Wildman–Crippen LogP) is 4.04. The molecule has 0 radical (unpaired) electrons. The molecule has 0 nitrogen and oxygen atoms in total. The lowest BCUT2D eigenvalue weighted by molar-refractivity contribution is 0.626. The molecule has 0 saturated carbocycles. The molecule has 3 heteroatoms. The summed E-state index contributed by atoms with van der Waals surface area (Å²) in [6.45, 7) is 1.93. The minimum absolute atomic E-state index is 0.126. The smallest absolute Gasteiger partial charge is 0.124 e. The van der Waals surface area contributed by atoms with E-state index < -0.39 is 0 Å². The fourth-order valence-corrected chi connectivity index (χ4v) is 1.45. The van der Waals surface area contributed by atoms with Gasteiger partial charge in [0.05, 0.1) is 0 Å². The molecule has 1 rings (SSSR count). The van der Waals surface area contributed by atoms with Gasteiger partial charge in [-0.05, 0) is 37.5 Å². The minimum Gasteiger partial charge on any atom is -0.207 e. The number of benzene rings is 1. The highest BCUT2D eigenvalue weighted by atomic mass is 35.5. The number of aryl methyl sites for hydroxylation is 1. The third kappa shape index (κ3) is 3.53. The van der Waals surface area contributed by atoms with Gasteiger partial charge in [-0.3, -0.25) is 0 Å². The van der Waals surface area contributed by atoms with E-state index in [1.165, 1.54) is 12.1 Å². The van der Waals surface area contributed by atoms with Gasteiger partial charge in [0.2, 0.25) is 0 Å². The zero-order valence-corrected chi connectivity index (χ0v) is 8.87. The van der Waals surface area contributed by atoms with Crippen molar-refractivity contribution >= 4 is 23.2 Å². The number of hydrogen-bond acceptors (Lipinski definition) is 0. The van der Waals surface area contributed by atoms with E-state index in [-0.39, 0.29) is 11.2 Å². The molecule has 0 fully saturated rings. The summed E-state index contributed by atoms with van der Waals surface area (Å²) in [6.07, 6.45) is 1.65. The van der Waals surface area contributed by atoms with Crippen molar-refractivity contribution < 1.29 is 4.39 Å². The van der Waals surface area contributed by atoms with Gasteiger partial charge in [-0.1, -0.05) is 17.7 Å². The van der Waals surface area contributed by atoms with Gasteiger partial charge >= 0.3 is 0 Å². The van der Waals surface area contributed by atoms with Crippen LogP contribution in [0.1, 0.15) is 18.9 Å². The molecule has 0 heterocycles. The van der Waals surface area contributed by atoms with Gasteiger partial charge in [-0.25, -0.2) is 4.39 Å². The maximum absolute atomic E-state index is 12.6. The van der Waals surface area contributed by atoms with E-state index in [2.05, 4.69) is 0 Å². The Balaban J connectivity index is 2.67. The minimum atomic E-state index is -0.298. The fourth-order valence-electron chi connectivity index (χ4n) is 1.08. The van der Waals surface area contributed by atoms with E-state index in [4.69, 9.17) is 23.2 Å². The van der Waals surface area contributed by atoms with Crippen molar-refractivity contribution in [2.45, 2.75) is 25.1 Å². The Morgan fingerprint density at radius 2 is 2.15 bits per heavy atom. The third-order valence-electron chi connectivity index (χ3n) is 1.83. The second-order valence-electron chi connectivity index (χ2n) is 3.06. The van der Waals surface area contributed by atoms with Crippen molar-refractivity contribution in [3.8, 4) is 0 Å². The molecule has 0 aromatic heterocycles. The van der Waals surface area contributed by atoms with Crippen molar-refractivity contribution in [1.82, 2.24) is 0 Å². The van der Waals surface area contributed by atoms with Crippen molar-refractivity contribution in [1.29, 1.82) is 0 Å². The fraction of sp³-hybridized carbons (Fsp3) is 0.400. The zero-order chi connectivity index (χ0) is 9.84. The highest BCUT2D eigenvalue weighted by Gasteiger charge is 2.03. The van der Waals surface area contributed by atoms with Gasteiger partial charge in [0.15, 0.2) is 0 Å². The topological polar surface area (TPSA) is 0 Å². The Hall–Kier alpha value is -0.270. The molecule has 72 valence electrons. The van der Waals surface area contributed by atoms with Crippen LogP contribution in [0.15, 0.2) is 18.2 Å². The molecule has 0 amide bonds. The second kappa shape index (κ2) is 4.83. The van der Waals surface area contributed by atoms with Crippen LogP contribution in [0, 0.1) is 5.82 Å². The van der Waals surface area contributed by atoms with Gasteiger partial charge in [0.1, 0.15) is 5.82 Å². The molecule has 1 unspecified atom stereocenters. The first-order valence-corrected chi connectivity index (χ1v) is 4.99. The maximum atomic E-state index is 12.6. The molecule has 1 atom stereocenters. The molecule has 13 heavy (non-hydrogen) atoms. The van der Waals surface area contributed by atoms with Crippen molar-refractivity contribution in [3.63, 3.8) is 0 Å². The van der Waals surface area contributed by atoms with E-state index in [0.717, 1.165) is 18.4 Å². The number of halogens is 3. The molecule has 0 aliphatic carbocycles. The second-order valence-corrected chi connectivity index (χ2v) is 4.21. The first-order chi connectivity index (χ1) is 6.09. The molecular weight excluding hydrogens is 210 g/mol. The lowest BCUT2D eigenvalue weighted by Gasteiger charge is -2.05. The molecule has 0 aliphatic heterocycles. The van der Waals surface area contributed by atoms with E-state index in [1.807, 2.05) is 6.92 Å². The summed E-state index contributed by atoms with van der Waals surface area (Å²) >= 11 is 11.6. The van der Waals surface area contributed by atoms with Crippen molar-refractivity contribution in [2.24, 2.45) is 0 Å². The Kier molecular flexibility index (Phi) is 4.01. The highest BCUT2D eigenvalue weighted by Crippen LogP contribution is 2.19. The van der Waals surface area contributed by atoms with E-state index >= 15 is 0 Å². The van der Waals surface area contributed by atoms with Crippen LogP contribution in [-0.4, -0.2) is 5.38 Å². The van der Waals surface area contributed by atoms with Gasteiger partial charge in [0, 0.05) is 10.4 Å². The molecule has 0 aliphatic rings. The average molecular weight is 221 g/mol. The van der Waals surface area contributed by atoms with Gasteiger partial charge in [0.25, 0.3) is 0 Å². The first-order valence-electron chi connectivity index (χ1n) is 4.17. The van der Waals surface area contributed by atoms with Gasteiger partial charge in [-0.15, -0.1) is 11.6 Å². The maximum Gasteiger partial charge on any atom is 0.124 e. The van der Waals surface area contributed by atoms with E-state index in [0.29, 0.717) is 5.02 Å². The van der Waals surface area contributed by atoms with Crippen LogP contribution in [0.5, 0.6) is 0 Å². The lowest BCUT2D eigenvalue weighted by atomic mass is 10.1. The summed E-state index contributed by atoms with van der Waals surface area (Å²) in [5.74, 6) is -0.298. The summed E-state index contributed by atoms with van der Waals surface area (Å²) in [6, 6.07) is 4.45. The first kappa shape index (κ1) is 10.8. The van der Waals surface area contributed by atoms with Gasteiger partial charge in [-0.2, -0.15) is 0 Å². The summed E-state index contributed by atoms with van der Waals surface area (Å²) in [5, 5.41) is 0.610. The largest absolute Gasteiger partial charge is 0.207 e.